The second-order valence-electron chi connectivity index (χ2n) is 13.8. The predicted molar refractivity (Wildman–Crippen MR) is 208 cm³/mol. The number of thiazole rings is 1. The molecule has 0 saturated carbocycles. The molecule has 4 aromatic rings. The number of rotatable bonds is 12. The van der Waals surface area contributed by atoms with Crippen LogP contribution in [0.3, 0.4) is 0 Å². The van der Waals surface area contributed by atoms with Gasteiger partial charge in [-0.3, -0.25) is 14.3 Å². The topological polar surface area (TPSA) is 136 Å². The van der Waals surface area contributed by atoms with Crippen LogP contribution in [-0.2, 0) is 9.47 Å². The summed E-state index contributed by atoms with van der Waals surface area (Å²) in [5, 5.41) is 5.00. The molecule has 0 aliphatic rings. The zero-order chi connectivity index (χ0) is 37.3. The van der Waals surface area contributed by atoms with E-state index in [4.69, 9.17) is 9.47 Å². The summed E-state index contributed by atoms with van der Waals surface area (Å²) in [5.74, 6) is -0.202. The molecule has 4 rings (SSSR count). The molecule has 0 fully saturated rings. The molecule has 0 bridgehead atoms. The molecular weight excluding hydrogens is 783 g/mol. The van der Waals surface area contributed by atoms with Crippen LogP contribution < -0.4 is 15.9 Å². The van der Waals surface area contributed by atoms with Crippen molar-refractivity contribution in [1.29, 1.82) is 0 Å². The predicted octanol–water partition coefficient (Wildman–Crippen LogP) is 8.46. The van der Waals surface area contributed by atoms with Gasteiger partial charge >= 0.3 is 17.9 Å². The number of carbonyl (C=O) groups excluding carboxylic acids is 3. The van der Waals surface area contributed by atoms with Crippen LogP contribution in [0.4, 0.5) is 20.5 Å². The lowest BCUT2D eigenvalue weighted by atomic mass is 10.0. The lowest BCUT2D eigenvalue weighted by Gasteiger charge is -2.35. The zero-order valence-corrected chi connectivity index (χ0v) is 33.0. The monoisotopic (exact) mass is 828 g/mol. The second kappa shape index (κ2) is 17.3. The van der Waals surface area contributed by atoms with Gasteiger partial charge in [0, 0.05) is 36.4 Å². The minimum Gasteiger partial charge on any atom is -0.444 e. The average molecular weight is 829 g/mol. The quantitative estimate of drug-likeness (QED) is 0.141. The van der Waals surface area contributed by atoms with Gasteiger partial charge in [0.2, 0.25) is 0 Å². The molecule has 14 heteroatoms. The highest BCUT2D eigenvalue weighted by Gasteiger charge is 2.32. The van der Waals surface area contributed by atoms with Crippen LogP contribution in [0.25, 0.3) is 5.69 Å². The standard InChI is InChI=1S/C37H45IN6O6S/c1-8-9-21-42(34(47)49-36(2,3)4)29(19-22-43(33-39-20-23-51-33)35(48)50-37(5,6)7)25-15-17-27(18-16-25)44-24-28(38)30(41-32(44)46)40-31(45)26-13-11-10-12-14-26/h10-18,20,23-24,29H,8-9,19,21-22H2,1-7H3,(H,40,41,45,46)/t29-/m0/s1. The number of aromatic nitrogens is 3. The Morgan fingerprint density at radius 2 is 1.59 bits per heavy atom. The van der Waals surface area contributed by atoms with E-state index in [9.17, 15) is 19.2 Å². The van der Waals surface area contributed by atoms with Gasteiger partial charge in [-0.25, -0.2) is 19.4 Å². The third-order valence-electron chi connectivity index (χ3n) is 7.35. The summed E-state index contributed by atoms with van der Waals surface area (Å²) in [5.41, 5.74) is -0.238. The van der Waals surface area contributed by atoms with E-state index in [0.29, 0.717) is 32.9 Å². The maximum Gasteiger partial charge on any atom is 0.416 e. The molecule has 1 N–H and O–H groups in total. The van der Waals surface area contributed by atoms with Gasteiger partial charge in [0.1, 0.15) is 11.2 Å². The molecule has 2 aromatic heterocycles. The smallest absolute Gasteiger partial charge is 0.416 e. The molecule has 0 aliphatic carbocycles. The van der Waals surface area contributed by atoms with Crippen molar-refractivity contribution in [2.45, 2.75) is 85.0 Å². The molecule has 0 saturated heterocycles. The molecule has 0 radical (unpaired) electrons. The number of nitrogens with zero attached hydrogens (tertiary/aromatic N) is 5. The molecule has 0 unspecified atom stereocenters. The molecule has 0 aliphatic heterocycles. The van der Waals surface area contributed by atoms with Crippen LogP contribution in [-0.4, -0.2) is 61.8 Å². The SMILES string of the molecule is CCCCN(C(=O)OC(C)(C)C)[C@@H](CCN(C(=O)OC(C)(C)C)c1nccs1)c1ccc(-n2cc(I)c(NC(=O)c3ccccc3)nc2=O)cc1. The van der Waals surface area contributed by atoms with E-state index in [1.807, 2.05) is 61.6 Å². The Hall–Kier alpha value is -4.31. The summed E-state index contributed by atoms with van der Waals surface area (Å²) in [6.45, 7) is 13.6. The lowest BCUT2D eigenvalue weighted by molar-refractivity contribution is 0.0146. The first-order valence-electron chi connectivity index (χ1n) is 16.7. The van der Waals surface area contributed by atoms with Gasteiger partial charge < -0.3 is 19.7 Å². The van der Waals surface area contributed by atoms with Crippen LogP contribution in [0.2, 0.25) is 0 Å². The fourth-order valence-electron chi connectivity index (χ4n) is 5.04. The molecule has 3 amide bonds. The van der Waals surface area contributed by atoms with Crippen molar-refractivity contribution < 1.29 is 23.9 Å². The third kappa shape index (κ3) is 11.3. The van der Waals surface area contributed by atoms with Gasteiger partial charge in [-0.2, -0.15) is 4.98 Å². The van der Waals surface area contributed by atoms with Crippen LogP contribution in [0.1, 0.15) is 89.7 Å². The first-order valence-corrected chi connectivity index (χ1v) is 18.7. The number of halogens is 1. The van der Waals surface area contributed by atoms with Gasteiger partial charge in [-0.15, -0.1) is 11.3 Å². The van der Waals surface area contributed by atoms with E-state index >= 15 is 0 Å². The van der Waals surface area contributed by atoms with Gasteiger partial charge in [0.15, 0.2) is 10.9 Å². The maximum atomic E-state index is 13.7. The van der Waals surface area contributed by atoms with E-state index in [1.54, 1.807) is 79.8 Å². The summed E-state index contributed by atoms with van der Waals surface area (Å²) in [4.78, 5) is 64.8. The third-order valence-corrected chi connectivity index (χ3v) is 8.94. The van der Waals surface area contributed by atoms with Crippen LogP contribution >= 0.6 is 33.9 Å². The van der Waals surface area contributed by atoms with E-state index in [0.717, 1.165) is 18.4 Å². The Morgan fingerprint density at radius 1 is 0.941 bits per heavy atom. The zero-order valence-electron chi connectivity index (χ0n) is 30.0. The Kier molecular flexibility index (Phi) is 13.4. The number of carbonyl (C=O) groups is 3. The van der Waals surface area contributed by atoms with Crippen molar-refractivity contribution in [3.05, 3.63) is 97.6 Å². The first-order chi connectivity index (χ1) is 24.1. The molecule has 2 aromatic carbocycles. The van der Waals surface area contributed by atoms with Crippen molar-refractivity contribution in [1.82, 2.24) is 19.4 Å². The van der Waals surface area contributed by atoms with Crippen LogP contribution in [0, 0.1) is 3.57 Å². The summed E-state index contributed by atoms with van der Waals surface area (Å²) in [6, 6.07) is 15.5. The van der Waals surface area contributed by atoms with Gasteiger partial charge in [0.25, 0.3) is 5.91 Å². The van der Waals surface area contributed by atoms with E-state index in [1.165, 1.54) is 20.8 Å². The van der Waals surface area contributed by atoms with Crippen molar-refractivity contribution >= 4 is 63.0 Å². The van der Waals surface area contributed by atoms with Crippen molar-refractivity contribution in [2.75, 3.05) is 23.3 Å². The Bertz CT molecular complexity index is 1840. The van der Waals surface area contributed by atoms with Crippen molar-refractivity contribution in [3.63, 3.8) is 0 Å². The lowest BCUT2D eigenvalue weighted by Crippen LogP contribution is -2.42. The number of hydrogen-bond acceptors (Lipinski definition) is 9. The number of unbranched alkanes of at least 4 members (excludes halogenated alkanes) is 1. The van der Waals surface area contributed by atoms with Crippen LogP contribution in [0.5, 0.6) is 0 Å². The fraction of sp³-hybridized carbons (Fsp3) is 0.405. The minimum absolute atomic E-state index is 0.168. The summed E-state index contributed by atoms with van der Waals surface area (Å²) in [7, 11) is 0. The fourth-order valence-corrected chi connectivity index (χ4v) is 6.23. The van der Waals surface area contributed by atoms with Crippen molar-refractivity contribution in [2.24, 2.45) is 0 Å². The van der Waals surface area contributed by atoms with E-state index < -0.39 is 35.1 Å². The highest BCUT2D eigenvalue weighted by atomic mass is 127. The number of benzene rings is 2. The summed E-state index contributed by atoms with van der Waals surface area (Å²) >= 11 is 3.35. The molecular formula is C37H45IN6O6S. The number of anilines is 2. The largest absolute Gasteiger partial charge is 0.444 e. The molecule has 0 spiro atoms. The Balaban J connectivity index is 1.67. The highest BCUT2D eigenvalue weighted by Crippen LogP contribution is 2.30. The molecule has 272 valence electrons. The molecule has 51 heavy (non-hydrogen) atoms. The summed E-state index contributed by atoms with van der Waals surface area (Å²) < 4.78 is 13.6. The van der Waals surface area contributed by atoms with Gasteiger partial charge in [-0.1, -0.05) is 43.7 Å². The molecule has 12 nitrogen and oxygen atoms in total. The highest BCUT2D eigenvalue weighted by molar-refractivity contribution is 14.1. The number of hydrogen-bond donors (Lipinski definition) is 1. The molecule has 2 heterocycles. The first kappa shape index (κ1) is 39.5. The second-order valence-corrected chi connectivity index (χ2v) is 15.8. The van der Waals surface area contributed by atoms with Crippen LogP contribution in [0.15, 0.2) is 77.2 Å². The van der Waals surface area contributed by atoms with Gasteiger partial charge in [-0.05, 0) is 107 Å². The number of ether oxygens (including phenoxy) is 2. The average Bonchev–Trinajstić information content (AvgIpc) is 3.59. The van der Waals surface area contributed by atoms with E-state index in [2.05, 4.69) is 22.2 Å². The number of amides is 3. The molecule has 1 atom stereocenters. The minimum atomic E-state index is -0.725. The normalized spacial score (nSPS) is 12.2. The van der Waals surface area contributed by atoms with E-state index in [-0.39, 0.29) is 18.3 Å². The van der Waals surface area contributed by atoms with Crippen molar-refractivity contribution in [3.8, 4) is 5.69 Å². The summed E-state index contributed by atoms with van der Waals surface area (Å²) in [6.07, 6.45) is 4.18. The Morgan fingerprint density at radius 3 is 2.18 bits per heavy atom. The maximum absolute atomic E-state index is 13.7. The Labute approximate surface area is 316 Å². The number of nitrogens with one attached hydrogen (secondary N) is 1. The van der Waals surface area contributed by atoms with Gasteiger partial charge in [0.05, 0.1) is 15.3 Å².